The van der Waals surface area contributed by atoms with Crippen molar-refractivity contribution in [2.24, 2.45) is 0 Å². The Morgan fingerprint density at radius 2 is 1.63 bits per heavy atom. The van der Waals surface area contributed by atoms with Gasteiger partial charge in [-0.2, -0.15) is 13.2 Å². The normalized spacial score (nSPS) is 14.4. The van der Waals surface area contributed by atoms with Crippen LogP contribution in [0.15, 0.2) is 18.2 Å². The molecule has 0 spiro atoms. The average Bonchev–Trinajstić information content (AvgIpc) is 2.22. The summed E-state index contributed by atoms with van der Waals surface area (Å²) in [5.41, 5.74) is -0.850. The maximum atomic E-state index is 13.2. The van der Waals surface area contributed by atoms with Crippen molar-refractivity contribution in [1.29, 1.82) is 0 Å². The third kappa shape index (κ3) is 4.43. The van der Waals surface area contributed by atoms with E-state index in [-0.39, 0.29) is 0 Å². The van der Waals surface area contributed by atoms with Crippen LogP contribution in [-0.2, 0) is 15.6 Å². The van der Waals surface area contributed by atoms with E-state index in [9.17, 15) is 30.4 Å². The van der Waals surface area contributed by atoms with E-state index in [0.29, 0.717) is 0 Å². The zero-order chi connectivity index (χ0) is 14.8. The number of rotatable bonds is 4. The highest BCUT2D eigenvalue weighted by atomic mass is 32.2. The van der Waals surface area contributed by atoms with Crippen LogP contribution in [0.3, 0.4) is 0 Å². The minimum atomic E-state index is -5.11. The Balaban J connectivity index is 2.92. The Kier molecular flexibility index (Phi) is 4.51. The summed E-state index contributed by atoms with van der Waals surface area (Å²) in [7, 11) is -4.51. The monoisotopic (exact) mass is 304 g/mol. The van der Waals surface area contributed by atoms with Gasteiger partial charge in [0.15, 0.2) is 15.9 Å². The van der Waals surface area contributed by atoms with Crippen LogP contribution in [0.4, 0.5) is 22.0 Å². The number of benzene rings is 1. The third-order valence-electron chi connectivity index (χ3n) is 2.22. The molecule has 0 amide bonds. The van der Waals surface area contributed by atoms with Crippen LogP contribution in [0.1, 0.15) is 5.56 Å². The fraction of sp³-hybridized carbons (Fsp3) is 0.400. The molecule has 0 aliphatic rings. The summed E-state index contributed by atoms with van der Waals surface area (Å²) in [6.07, 6.45) is -8.20. The van der Waals surface area contributed by atoms with Crippen LogP contribution in [0.2, 0.25) is 0 Å². The molecule has 1 aromatic rings. The number of hydrogen-bond acceptors (Lipinski definition) is 3. The highest BCUT2D eigenvalue weighted by molar-refractivity contribution is 7.90. The van der Waals surface area contributed by atoms with Crippen LogP contribution < -0.4 is 0 Å². The van der Waals surface area contributed by atoms with Gasteiger partial charge in [-0.15, -0.1) is 0 Å². The first-order valence-electron chi connectivity index (χ1n) is 4.91. The highest BCUT2D eigenvalue weighted by Gasteiger charge is 2.41. The summed E-state index contributed by atoms with van der Waals surface area (Å²) in [5, 5.41) is 8.65. The van der Waals surface area contributed by atoms with Crippen molar-refractivity contribution < 1.29 is 35.5 Å². The fourth-order valence-corrected chi connectivity index (χ4v) is 2.79. The lowest BCUT2D eigenvalue weighted by Gasteiger charge is -2.14. The van der Waals surface area contributed by atoms with Crippen molar-refractivity contribution >= 4 is 9.84 Å². The van der Waals surface area contributed by atoms with E-state index in [1.165, 1.54) is 0 Å². The number of alkyl halides is 3. The summed E-state index contributed by atoms with van der Waals surface area (Å²) < 4.78 is 85.1. The molecule has 9 heteroatoms. The van der Waals surface area contributed by atoms with E-state index in [4.69, 9.17) is 5.11 Å². The zero-order valence-electron chi connectivity index (χ0n) is 9.29. The van der Waals surface area contributed by atoms with Gasteiger partial charge in [-0.1, -0.05) is 6.07 Å². The predicted octanol–water partition coefficient (Wildman–Crippen LogP) is 1.80. The maximum absolute atomic E-state index is 13.2. The molecule has 0 aromatic heterocycles. The second-order valence-corrected chi connectivity index (χ2v) is 5.92. The molecule has 0 saturated heterocycles. The summed E-state index contributed by atoms with van der Waals surface area (Å²) >= 11 is 0. The molecule has 1 rings (SSSR count). The molecule has 0 saturated carbocycles. The standard InChI is InChI=1S/C10H9F5O3S/c11-7-2-1-3-8(12)6(7)4-19(17,18)5-9(16)10(13,14)15/h1-3,9,16H,4-5H2/t9-/m1/s1. The smallest absolute Gasteiger partial charge is 0.383 e. The predicted molar refractivity (Wildman–Crippen MR) is 55.9 cm³/mol. The van der Waals surface area contributed by atoms with Gasteiger partial charge < -0.3 is 5.11 Å². The van der Waals surface area contributed by atoms with Gasteiger partial charge in [-0.25, -0.2) is 17.2 Å². The minimum absolute atomic E-state index is 0.786. The SMILES string of the molecule is O=S(=O)(Cc1c(F)cccc1F)C[C@@H](O)C(F)(F)F. The molecule has 0 aliphatic heterocycles. The van der Waals surface area contributed by atoms with Crippen LogP contribution in [0.5, 0.6) is 0 Å². The lowest BCUT2D eigenvalue weighted by Crippen LogP contribution is -2.35. The molecule has 108 valence electrons. The molecule has 1 aromatic carbocycles. The first kappa shape index (κ1) is 15.8. The van der Waals surface area contributed by atoms with E-state index in [1.807, 2.05) is 0 Å². The molecule has 0 aliphatic carbocycles. The first-order valence-corrected chi connectivity index (χ1v) is 6.73. The molecular formula is C10H9F5O3S. The molecule has 0 radical (unpaired) electrons. The van der Waals surface area contributed by atoms with Gasteiger partial charge >= 0.3 is 6.18 Å². The van der Waals surface area contributed by atoms with E-state index in [1.54, 1.807) is 0 Å². The number of hydrogen-bond donors (Lipinski definition) is 1. The van der Waals surface area contributed by atoms with Gasteiger partial charge in [-0.05, 0) is 12.1 Å². The number of aliphatic hydroxyl groups is 1. The molecular weight excluding hydrogens is 295 g/mol. The van der Waals surface area contributed by atoms with Gasteiger partial charge in [0.2, 0.25) is 0 Å². The fourth-order valence-electron chi connectivity index (χ4n) is 1.28. The Hall–Kier alpha value is -1.22. The summed E-state index contributed by atoms with van der Waals surface area (Å²) in [6, 6.07) is 2.56. The number of aliphatic hydroxyl groups excluding tert-OH is 1. The lowest BCUT2D eigenvalue weighted by atomic mass is 10.2. The largest absolute Gasteiger partial charge is 0.415 e. The summed E-state index contributed by atoms with van der Waals surface area (Å²) in [4.78, 5) is 0. The van der Waals surface area contributed by atoms with Crippen molar-refractivity contribution in [3.05, 3.63) is 35.4 Å². The third-order valence-corrected chi connectivity index (χ3v) is 3.77. The Morgan fingerprint density at radius 3 is 2.05 bits per heavy atom. The van der Waals surface area contributed by atoms with E-state index in [2.05, 4.69) is 0 Å². The zero-order valence-corrected chi connectivity index (χ0v) is 10.1. The van der Waals surface area contributed by atoms with Crippen LogP contribution >= 0.6 is 0 Å². The van der Waals surface area contributed by atoms with E-state index in [0.717, 1.165) is 18.2 Å². The van der Waals surface area contributed by atoms with Gasteiger partial charge in [0, 0.05) is 5.56 Å². The topological polar surface area (TPSA) is 54.4 Å². The molecule has 1 N–H and O–H groups in total. The molecule has 0 heterocycles. The Bertz CT molecular complexity index is 533. The van der Waals surface area contributed by atoms with Gasteiger partial charge in [-0.3, -0.25) is 0 Å². The van der Waals surface area contributed by atoms with E-state index >= 15 is 0 Å². The molecule has 19 heavy (non-hydrogen) atoms. The van der Waals surface area contributed by atoms with Crippen LogP contribution in [0.25, 0.3) is 0 Å². The van der Waals surface area contributed by atoms with Gasteiger partial charge in [0.25, 0.3) is 0 Å². The quantitative estimate of drug-likeness (QED) is 0.863. The number of halogens is 5. The van der Waals surface area contributed by atoms with Crippen molar-refractivity contribution in [3.8, 4) is 0 Å². The minimum Gasteiger partial charge on any atom is -0.383 e. The molecule has 0 fully saturated rings. The van der Waals surface area contributed by atoms with Gasteiger partial charge in [0.1, 0.15) is 11.6 Å². The highest BCUT2D eigenvalue weighted by Crippen LogP contribution is 2.23. The molecule has 0 bridgehead atoms. The van der Waals surface area contributed by atoms with Crippen molar-refractivity contribution in [1.82, 2.24) is 0 Å². The molecule has 3 nitrogen and oxygen atoms in total. The Morgan fingerprint density at radius 1 is 1.16 bits per heavy atom. The Labute approximate surface area is 105 Å². The summed E-state index contributed by atoms with van der Waals surface area (Å²) in [5.74, 6) is -5.25. The second kappa shape index (κ2) is 5.41. The second-order valence-electron chi connectivity index (χ2n) is 3.81. The van der Waals surface area contributed by atoms with Crippen molar-refractivity contribution in [3.63, 3.8) is 0 Å². The van der Waals surface area contributed by atoms with Crippen LogP contribution in [0, 0.1) is 11.6 Å². The average molecular weight is 304 g/mol. The van der Waals surface area contributed by atoms with Gasteiger partial charge in [0.05, 0.1) is 11.5 Å². The maximum Gasteiger partial charge on any atom is 0.415 e. The van der Waals surface area contributed by atoms with Crippen LogP contribution in [-0.4, -0.2) is 31.6 Å². The lowest BCUT2D eigenvalue weighted by molar-refractivity contribution is -0.196. The number of sulfone groups is 1. The van der Waals surface area contributed by atoms with Crippen molar-refractivity contribution in [2.45, 2.75) is 18.0 Å². The molecule has 1 atom stereocenters. The summed E-state index contributed by atoms with van der Waals surface area (Å²) in [6.45, 7) is 0. The van der Waals surface area contributed by atoms with Crippen molar-refractivity contribution in [2.75, 3.05) is 5.75 Å². The first-order chi connectivity index (χ1) is 8.53. The molecule has 0 unspecified atom stereocenters. The van der Waals surface area contributed by atoms with E-state index < -0.39 is 50.8 Å².